The molecule has 0 atom stereocenters. The van der Waals surface area contributed by atoms with E-state index in [0.29, 0.717) is 22.9 Å². The van der Waals surface area contributed by atoms with Crippen molar-refractivity contribution in [3.8, 4) is 5.75 Å². The molecule has 0 aliphatic rings. The molecule has 0 radical (unpaired) electrons. The fraction of sp³-hybridized carbons (Fsp3) is 0.263. The molecule has 0 fully saturated rings. The minimum atomic E-state index is -3.83. The van der Waals surface area contributed by atoms with Crippen LogP contribution in [0, 0.1) is 13.8 Å². The van der Waals surface area contributed by atoms with Crippen LogP contribution in [0.15, 0.2) is 35.2 Å². The normalized spacial score (nSPS) is 12.5. The maximum absolute atomic E-state index is 12.9. The van der Waals surface area contributed by atoms with Crippen molar-refractivity contribution in [3.63, 3.8) is 0 Å². The maximum atomic E-state index is 12.9. The van der Waals surface area contributed by atoms with Gasteiger partial charge in [0.1, 0.15) is 5.75 Å². The van der Waals surface area contributed by atoms with Crippen LogP contribution in [-0.4, -0.2) is 25.5 Å². The summed E-state index contributed by atoms with van der Waals surface area (Å²) in [5, 5.41) is 1.04. The second-order valence-corrected chi connectivity index (χ2v) is 9.65. The Morgan fingerprint density at radius 3 is 2.47 bits per heavy atom. The summed E-state index contributed by atoms with van der Waals surface area (Å²) in [6, 6.07) is 7.17. The van der Waals surface area contributed by atoms with Crippen LogP contribution in [0.2, 0.25) is 10.0 Å². The predicted octanol–water partition coefficient (Wildman–Crippen LogP) is 5.78. The number of fused-ring (bicyclic) bond motifs is 1. The van der Waals surface area contributed by atoms with Gasteiger partial charge in [-0.2, -0.15) is 0 Å². The van der Waals surface area contributed by atoms with E-state index < -0.39 is 15.6 Å². The van der Waals surface area contributed by atoms with E-state index in [0.717, 1.165) is 11.3 Å². The number of H-pyrrole nitrogens is 1. The molecule has 0 bridgehead atoms. The van der Waals surface area contributed by atoms with E-state index in [9.17, 15) is 17.2 Å². The molecule has 0 aliphatic carbocycles. The third-order valence-corrected chi connectivity index (χ3v) is 6.90. The molecule has 3 aromatic rings. The molecule has 1 heterocycles. The summed E-state index contributed by atoms with van der Waals surface area (Å²) >= 11 is 16.7. The predicted molar refractivity (Wildman–Crippen MR) is 115 cm³/mol. The highest BCUT2D eigenvalue weighted by molar-refractivity contribution is 7.89. The van der Waals surface area contributed by atoms with E-state index in [4.69, 9.17) is 34.8 Å². The molecule has 162 valence electrons. The van der Waals surface area contributed by atoms with Crippen molar-refractivity contribution in [2.75, 3.05) is 6.54 Å². The van der Waals surface area contributed by atoms with Crippen LogP contribution in [0.3, 0.4) is 0 Å². The first-order valence-corrected chi connectivity index (χ1v) is 11.3. The van der Waals surface area contributed by atoms with Gasteiger partial charge in [-0.25, -0.2) is 13.1 Å². The SMILES string of the molecule is Cc1cc(Cl)c(Cl)cc1S(=O)(=O)NCCc1c(C)[nH]c2ccc(OC(F)(F)Cl)cc12. The van der Waals surface area contributed by atoms with Gasteiger partial charge in [0.25, 0.3) is 0 Å². The van der Waals surface area contributed by atoms with Crippen molar-refractivity contribution in [2.45, 2.75) is 30.7 Å². The Bertz CT molecular complexity index is 1210. The van der Waals surface area contributed by atoms with Gasteiger partial charge in [-0.15, -0.1) is 8.78 Å². The minimum absolute atomic E-state index is 0.0348. The molecule has 0 saturated heterocycles. The number of benzene rings is 2. The Morgan fingerprint density at radius 1 is 1.13 bits per heavy atom. The molecule has 0 aliphatic heterocycles. The Morgan fingerprint density at radius 2 is 1.80 bits per heavy atom. The van der Waals surface area contributed by atoms with E-state index in [1.54, 1.807) is 13.0 Å². The van der Waals surface area contributed by atoms with E-state index in [1.165, 1.54) is 24.3 Å². The van der Waals surface area contributed by atoms with Crippen molar-refractivity contribution in [1.29, 1.82) is 0 Å². The molecular weight excluding hydrogens is 481 g/mol. The molecule has 0 spiro atoms. The first-order chi connectivity index (χ1) is 13.9. The fourth-order valence-electron chi connectivity index (χ4n) is 3.19. The molecule has 1 aromatic heterocycles. The highest BCUT2D eigenvalue weighted by Crippen LogP contribution is 2.31. The van der Waals surface area contributed by atoms with Gasteiger partial charge in [0.2, 0.25) is 10.0 Å². The zero-order valence-corrected chi connectivity index (χ0v) is 18.9. The smallest absolute Gasteiger partial charge is 0.420 e. The molecule has 11 heteroatoms. The van der Waals surface area contributed by atoms with Gasteiger partial charge in [-0.05, 0) is 61.7 Å². The molecular formula is C19H17Cl3F2N2O3S. The second-order valence-electron chi connectivity index (χ2n) is 6.66. The standard InChI is InChI=1S/C19H17Cl3F2N2O3S/c1-10-7-15(20)16(21)9-18(10)30(27,28)25-6-5-13-11(2)26-17-4-3-12(8-14(13)17)29-19(22,23)24/h3-4,7-9,25-26H,5-6H2,1-2H3. The third-order valence-electron chi connectivity index (χ3n) is 4.50. The summed E-state index contributed by atoms with van der Waals surface area (Å²) in [7, 11) is -3.83. The van der Waals surface area contributed by atoms with Crippen LogP contribution in [-0.2, 0) is 16.4 Å². The van der Waals surface area contributed by atoms with Crippen LogP contribution in [0.1, 0.15) is 16.8 Å². The first-order valence-electron chi connectivity index (χ1n) is 8.69. The molecule has 2 N–H and O–H groups in total. The lowest BCUT2D eigenvalue weighted by Gasteiger charge is -2.12. The van der Waals surface area contributed by atoms with Crippen molar-refractivity contribution < 1.29 is 21.9 Å². The number of alkyl halides is 3. The number of sulfonamides is 1. The number of aromatic amines is 1. The second kappa shape index (κ2) is 8.51. The Balaban J connectivity index is 1.81. The zero-order chi connectivity index (χ0) is 22.3. The Labute approximate surface area is 187 Å². The van der Waals surface area contributed by atoms with Crippen molar-refractivity contribution >= 4 is 55.7 Å². The van der Waals surface area contributed by atoms with Crippen molar-refractivity contribution in [2.24, 2.45) is 0 Å². The monoisotopic (exact) mass is 496 g/mol. The average molecular weight is 498 g/mol. The van der Waals surface area contributed by atoms with Crippen LogP contribution >= 0.6 is 34.8 Å². The summed E-state index contributed by atoms with van der Waals surface area (Å²) in [6.07, 6.45) is 0.312. The van der Waals surface area contributed by atoms with Crippen LogP contribution < -0.4 is 9.46 Å². The van der Waals surface area contributed by atoms with Crippen molar-refractivity contribution in [3.05, 3.63) is 57.2 Å². The van der Waals surface area contributed by atoms with Gasteiger partial charge in [0, 0.05) is 34.7 Å². The van der Waals surface area contributed by atoms with Crippen LogP contribution in [0.25, 0.3) is 10.9 Å². The molecule has 3 rings (SSSR count). The fourth-order valence-corrected chi connectivity index (χ4v) is 5.00. The summed E-state index contributed by atoms with van der Waals surface area (Å²) < 4.78 is 58.1. The highest BCUT2D eigenvalue weighted by atomic mass is 35.5. The molecule has 0 amide bonds. The van der Waals surface area contributed by atoms with Gasteiger partial charge in [0.15, 0.2) is 0 Å². The maximum Gasteiger partial charge on any atom is 0.487 e. The minimum Gasteiger partial charge on any atom is -0.420 e. The summed E-state index contributed by atoms with van der Waals surface area (Å²) in [5.41, 5.74) is -1.11. The number of nitrogens with one attached hydrogen (secondary N) is 2. The summed E-state index contributed by atoms with van der Waals surface area (Å²) in [6.45, 7) is 3.50. The van der Waals surface area contributed by atoms with Gasteiger partial charge in [-0.3, -0.25) is 0 Å². The average Bonchev–Trinajstić information content (AvgIpc) is 2.91. The van der Waals surface area contributed by atoms with E-state index in [-0.39, 0.29) is 27.2 Å². The van der Waals surface area contributed by atoms with Gasteiger partial charge < -0.3 is 9.72 Å². The molecule has 30 heavy (non-hydrogen) atoms. The highest BCUT2D eigenvalue weighted by Gasteiger charge is 2.28. The summed E-state index contributed by atoms with van der Waals surface area (Å²) in [4.78, 5) is 3.17. The lowest BCUT2D eigenvalue weighted by molar-refractivity contribution is -0.0964. The molecule has 0 saturated carbocycles. The van der Waals surface area contributed by atoms with Crippen molar-refractivity contribution in [1.82, 2.24) is 9.71 Å². The number of halogens is 5. The topological polar surface area (TPSA) is 71.2 Å². The van der Waals surface area contributed by atoms with Gasteiger partial charge in [0.05, 0.1) is 14.9 Å². The van der Waals surface area contributed by atoms with E-state index in [1.807, 2.05) is 6.92 Å². The Hall–Kier alpha value is -1.58. The number of ether oxygens (including phenoxy) is 1. The number of hydrogen-bond donors (Lipinski definition) is 2. The van der Waals surface area contributed by atoms with Gasteiger partial charge >= 0.3 is 5.57 Å². The van der Waals surface area contributed by atoms with Crippen LogP contribution in [0.5, 0.6) is 5.75 Å². The number of aryl methyl sites for hydroxylation is 2. The molecule has 0 unspecified atom stereocenters. The quantitative estimate of drug-likeness (QED) is 0.407. The van der Waals surface area contributed by atoms with E-state index >= 15 is 0 Å². The first kappa shape index (κ1) is 23.1. The van der Waals surface area contributed by atoms with Crippen LogP contribution in [0.4, 0.5) is 8.78 Å². The molecule has 5 nitrogen and oxygen atoms in total. The number of rotatable bonds is 7. The number of hydrogen-bond acceptors (Lipinski definition) is 3. The number of aromatic nitrogens is 1. The lowest BCUT2D eigenvalue weighted by Crippen LogP contribution is -2.26. The largest absolute Gasteiger partial charge is 0.487 e. The zero-order valence-electron chi connectivity index (χ0n) is 15.8. The summed E-state index contributed by atoms with van der Waals surface area (Å²) in [5.74, 6) is -0.102. The Kier molecular flexibility index (Phi) is 6.55. The van der Waals surface area contributed by atoms with E-state index in [2.05, 4.69) is 14.4 Å². The van der Waals surface area contributed by atoms with Gasteiger partial charge in [-0.1, -0.05) is 23.2 Å². The third kappa shape index (κ3) is 5.18. The molecule has 2 aromatic carbocycles. The lowest BCUT2D eigenvalue weighted by atomic mass is 10.1.